The van der Waals surface area contributed by atoms with Crippen LogP contribution in [0.4, 0.5) is 18.9 Å². The van der Waals surface area contributed by atoms with Crippen molar-refractivity contribution < 1.29 is 27.5 Å². The highest BCUT2D eigenvalue weighted by Crippen LogP contribution is 2.76. The van der Waals surface area contributed by atoms with Crippen LogP contribution < -0.4 is 9.64 Å². The summed E-state index contributed by atoms with van der Waals surface area (Å²) in [6, 6.07) is 13.1. The summed E-state index contributed by atoms with van der Waals surface area (Å²) < 4.78 is 41.8. The Morgan fingerprint density at radius 2 is 1.50 bits per heavy atom. The van der Waals surface area contributed by atoms with E-state index < -0.39 is 40.7 Å². The van der Waals surface area contributed by atoms with E-state index in [1.54, 1.807) is 31.5 Å². The number of hydrogen-bond acceptors (Lipinski definition) is 4. The standard InChI is InChI=1S/C24H15Cl2F3N2O3/c1-22-19(20(32)31(21(22)33)17-11-15(25)10-16(26)12-17)23(22,14-6-8-30-9-7-14)13-2-4-18(5-3-13)34-24(27,28)29/h2-12,19H,1H3/t19-,22-,23-/m0/s1. The lowest BCUT2D eigenvalue weighted by atomic mass is 9.79. The number of nitrogens with zero attached hydrogens (tertiary/aromatic N) is 2. The smallest absolute Gasteiger partial charge is 0.406 e. The highest BCUT2D eigenvalue weighted by molar-refractivity contribution is 6.36. The molecule has 1 aliphatic heterocycles. The fourth-order valence-electron chi connectivity index (χ4n) is 5.35. The van der Waals surface area contributed by atoms with E-state index in [1.807, 2.05) is 0 Å². The number of alkyl halides is 3. The molecule has 0 radical (unpaired) electrons. The topological polar surface area (TPSA) is 59.5 Å². The van der Waals surface area contributed by atoms with E-state index in [0.717, 1.165) is 4.90 Å². The number of amides is 2. The van der Waals surface area contributed by atoms with E-state index in [4.69, 9.17) is 23.2 Å². The van der Waals surface area contributed by atoms with E-state index in [0.29, 0.717) is 11.1 Å². The van der Waals surface area contributed by atoms with E-state index in [2.05, 4.69) is 9.72 Å². The lowest BCUT2D eigenvalue weighted by Gasteiger charge is -2.29. The van der Waals surface area contributed by atoms with Gasteiger partial charge >= 0.3 is 6.36 Å². The molecular weight excluding hydrogens is 492 g/mol. The van der Waals surface area contributed by atoms with Crippen LogP contribution in [-0.2, 0) is 15.0 Å². The molecular formula is C24H15Cl2F3N2O3. The summed E-state index contributed by atoms with van der Waals surface area (Å²) in [6.45, 7) is 1.69. The largest absolute Gasteiger partial charge is 0.573 e. The van der Waals surface area contributed by atoms with Crippen LogP contribution in [0.3, 0.4) is 0 Å². The second kappa shape index (κ2) is 7.45. The molecule has 2 aliphatic rings. The third-order valence-corrected chi connectivity index (χ3v) is 7.08. The van der Waals surface area contributed by atoms with Gasteiger partial charge < -0.3 is 4.74 Å². The fourth-order valence-corrected chi connectivity index (χ4v) is 5.87. The molecule has 0 spiro atoms. The average molecular weight is 507 g/mol. The third-order valence-electron chi connectivity index (χ3n) is 6.65. The van der Waals surface area contributed by atoms with Crippen molar-refractivity contribution in [2.45, 2.75) is 18.7 Å². The van der Waals surface area contributed by atoms with Gasteiger partial charge in [0.05, 0.1) is 17.0 Å². The average Bonchev–Trinajstić information content (AvgIpc) is 3.28. The lowest BCUT2D eigenvalue weighted by Crippen LogP contribution is -2.42. The minimum absolute atomic E-state index is 0.262. The molecule has 1 aliphatic carbocycles. The van der Waals surface area contributed by atoms with Crippen LogP contribution in [-0.4, -0.2) is 23.2 Å². The molecule has 2 aromatic carbocycles. The predicted octanol–water partition coefficient (Wildman–Crippen LogP) is 5.78. The molecule has 2 heterocycles. The Balaban J connectivity index is 1.61. The minimum atomic E-state index is -4.84. The molecule has 2 amide bonds. The molecule has 2 fully saturated rings. The van der Waals surface area contributed by atoms with Gasteiger partial charge in [-0.2, -0.15) is 0 Å². The Labute approximate surface area is 202 Å². The maximum Gasteiger partial charge on any atom is 0.573 e. The summed E-state index contributed by atoms with van der Waals surface area (Å²) in [6.07, 6.45) is -1.75. The molecule has 0 bridgehead atoms. The SMILES string of the molecule is C[C@@]12C(=O)N(c3cc(Cl)cc(Cl)c3)C(=O)[C@@H]1[C@@]2(c1ccncc1)c1ccc(OC(F)(F)F)cc1. The van der Waals surface area contributed by atoms with Gasteiger partial charge in [-0.15, -0.1) is 13.2 Å². The number of fused-ring (bicyclic) bond motifs is 1. The van der Waals surface area contributed by atoms with Crippen molar-refractivity contribution in [3.8, 4) is 5.75 Å². The van der Waals surface area contributed by atoms with Crippen LogP contribution in [0.25, 0.3) is 0 Å². The van der Waals surface area contributed by atoms with E-state index in [1.165, 1.54) is 42.5 Å². The number of carbonyl (C=O) groups is 2. The van der Waals surface area contributed by atoms with E-state index in [-0.39, 0.29) is 15.7 Å². The maximum atomic E-state index is 13.7. The highest BCUT2D eigenvalue weighted by Gasteiger charge is 2.86. The van der Waals surface area contributed by atoms with Crippen LogP contribution in [0.5, 0.6) is 5.75 Å². The van der Waals surface area contributed by atoms with Crippen molar-refractivity contribution in [1.29, 1.82) is 0 Å². The van der Waals surface area contributed by atoms with Gasteiger partial charge in [-0.3, -0.25) is 14.6 Å². The van der Waals surface area contributed by atoms with E-state index >= 15 is 0 Å². The first kappa shape index (κ1) is 22.7. The molecule has 1 aromatic heterocycles. The van der Waals surface area contributed by atoms with Gasteiger partial charge in [0.15, 0.2) is 0 Å². The Hall–Kier alpha value is -3.10. The van der Waals surface area contributed by atoms with Crippen molar-refractivity contribution in [3.05, 3.63) is 88.2 Å². The summed E-state index contributed by atoms with van der Waals surface area (Å²) in [5.74, 6) is -2.08. The Morgan fingerprint density at radius 3 is 2.00 bits per heavy atom. The number of carbonyl (C=O) groups excluding carboxylic acids is 2. The normalized spacial score (nSPS) is 25.9. The van der Waals surface area contributed by atoms with Crippen molar-refractivity contribution in [3.63, 3.8) is 0 Å². The zero-order valence-corrected chi connectivity index (χ0v) is 18.9. The molecule has 34 heavy (non-hydrogen) atoms. The molecule has 5 nitrogen and oxygen atoms in total. The monoisotopic (exact) mass is 506 g/mol. The number of pyridine rings is 1. The van der Waals surface area contributed by atoms with Crippen LogP contribution in [0, 0.1) is 11.3 Å². The van der Waals surface area contributed by atoms with Crippen LogP contribution in [0.2, 0.25) is 10.0 Å². The van der Waals surface area contributed by atoms with Crippen molar-refractivity contribution in [2.75, 3.05) is 4.90 Å². The zero-order chi connectivity index (χ0) is 24.5. The number of anilines is 1. The fraction of sp³-hybridized carbons (Fsp3) is 0.208. The number of benzene rings is 2. The Morgan fingerprint density at radius 1 is 0.941 bits per heavy atom. The number of ether oxygens (including phenoxy) is 1. The van der Waals surface area contributed by atoms with Crippen molar-refractivity contribution in [1.82, 2.24) is 4.98 Å². The Bertz CT molecular complexity index is 1300. The number of piperidine rings is 1. The van der Waals surface area contributed by atoms with E-state index in [9.17, 15) is 22.8 Å². The summed E-state index contributed by atoms with van der Waals surface area (Å²) in [4.78, 5) is 32.5. The van der Waals surface area contributed by atoms with Gasteiger partial charge in [0.2, 0.25) is 11.8 Å². The molecule has 174 valence electrons. The van der Waals surface area contributed by atoms with Gasteiger partial charge in [0.1, 0.15) is 5.75 Å². The molecule has 0 unspecified atom stereocenters. The maximum absolute atomic E-state index is 13.7. The van der Waals surface area contributed by atoms with Crippen molar-refractivity contribution in [2.24, 2.45) is 11.3 Å². The molecule has 1 saturated carbocycles. The van der Waals surface area contributed by atoms with Gasteiger partial charge in [0.25, 0.3) is 0 Å². The van der Waals surface area contributed by atoms with Crippen LogP contribution in [0.1, 0.15) is 18.1 Å². The number of halogens is 5. The van der Waals surface area contributed by atoms with Gasteiger partial charge in [-0.05, 0) is 60.5 Å². The quantitative estimate of drug-likeness (QED) is 0.420. The molecule has 3 aromatic rings. The van der Waals surface area contributed by atoms with Crippen molar-refractivity contribution >= 4 is 40.7 Å². The number of aromatic nitrogens is 1. The van der Waals surface area contributed by atoms with Crippen LogP contribution >= 0.6 is 23.2 Å². The second-order valence-electron chi connectivity index (χ2n) is 8.36. The summed E-state index contributed by atoms with van der Waals surface area (Å²) in [5, 5.41) is 0.545. The first-order valence-corrected chi connectivity index (χ1v) is 10.9. The summed E-state index contributed by atoms with van der Waals surface area (Å²) in [5.41, 5.74) is -0.832. The third kappa shape index (κ3) is 3.12. The lowest BCUT2D eigenvalue weighted by molar-refractivity contribution is -0.274. The molecule has 10 heteroatoms. The highest BCUT2D eigenvalue weighted by atomic mass is 35.5. The van der Waals surface area contributed by atoms with Gasteiger partial charge in [0, 0.05) is 27.9 Å². The van der Waals surface area contributed by atoms with Gasteiger partial charge in [-0.25, -0.2) is 4.90 Å². The minimum Gasteiger partial charge on any atom is -0.406 e. The number of rotatable bonds is 4. The number of hydrogen-bond donors (Lipinski definition) is 0. The molecule has 5 rings (SSSR count). The predicted molar refractivity (Wildman–Crippen MR) is 119 cm³/mol. The summed E-state index contributed by atoms with van der Waals surface area (Å²) >= 11 is 12.2. The number of imide groups is 1. The first-order chi connectivity index (χ1) is 16.0. The zero-order valence-electron chi connectivity index (χ0n) is 17.4. The molecule has 3 atom stereocenters. The Kier molecular flexibility index (Phi) is 4.97. The first-order valence-electron chi connectivity index (χ1n) is 10.1. The molecule has 0 N–H and O–H groups in total. The summed E-state index contributed by atoms with van der Waals surface area (Å²) in [7, 11) is 0. The van der Waals surface area contributed by atoms with Gasteiger partial charge in [-0.1, -0.05) is 35.3 Å². The second-order valence-corrected chi connectivity index (χ2v) is 9.23. The molecule has 1 saturated heterocycles. The van der Waals surface area contributed by atoms with Crippen LogP contribution in [0.15, 0.2) is 67.0 Å².